The van der Waals surface area contributed by atoms with Gasteiger partial charge in [0, 0.05) is 18.7 Å². The van der Waals surface area contributed by atoms with E-state index in [1.54, 1.807) is 11.8 Å². The first-order chi connectivity index (χ1) is 14.1. The first-order valence-corrected chi connectivity index (χ1v) is 10.3. The van der Waals surface area contributed by atoms with Gasteiger partial charge in [-0.1, -0.05) is 43.6 Å². The number of ether oxygens (including phenoxy) is 1. The highest BCUT2D eigenvalue weighted by Gasteiger charge is 2.22. The highest BCUT2D eigenvalue weighted by molar-refractivity contribution is 6.33. The van der Waals surface area contributed by atoms with Crippen LogP contribution in [-0.4, -0.2) is 40.8 Å². The Hall–Kier alpha value is -2.79. The van der Waals surface area contributed by atoms with E-state index in [1.165, 1.54) is 0 Å². The summed E-state index contributed by atoms with van der Waals surface area (Å²) in [6.45, 7) is 5.57. The first-order valence-electron chi connectivity index (χ1n) is 9.87. The molecule has 152 valence electrons. The lowest BCUT2D eigenvalue weighted by atomic mass is 10.1. The fraction of sp³-hybridized carbons (Fsp3) is 0.304. The molecule has 1 amide bonds. The van der Waals surface area contributed by atoms with Gasteiger partial charge in [-0.15, -0.1) is 0 Å². The number of carbonyl (C=O) groups excluding carboxylic acids is 1. The summed E-state index contributed by atoms with van der Waals surface area (Å²) in [5.41, 5.74) is 2.78. The molecule has 0 aliphatic rings. The third-order valence-corrected chi connectivity index (χ3v) is 5.00. The second-order valence-electron chi connectivity index (χ2n) is 6.80. The quantitative estimate of drug-likeness (QED) is 0.494. The molecule has 0 atom stereocenters. The van der Waals surface area contributed by atoms with Crippen LogP contribution in [0, 0.1) is 0 Å². The van der Waals surface area contributed by atoms with E-state index in [4.69, 9.17) is 21.4 Å². The number of carbonyl (C=O) groups is 1. The molecule has 0 unspecified atom stereocenters. The topological polar surface area (TPSA) is 47.4 Å². The number of benzene rings is 2. The van der Waals surface area contributed by atoms with Crippen LogP contribution in [0.15, 0.2) is 54.6 Å². The molecule has 5 nitrogen and oxygen atoms in total. The molecule has 3 rings (SSSR count). The van der Waals surface area contributed by atoms with Crippen molar-refractivity contribution >= 4 is 17.5 Å². The monoisotopic (exact) mass is 411 g/mol. The lowest BCUT2D eigenvalue weighted by molar-refractivity contribution is 0.0746. The zero-order chi connectivity index (χ0) is 20.8. The second-order valence-corrected chi connectivity index (χ2v) is 7.20. The molecular formula is C23H26ClN3O2. The second kappa shape index (κ2) is 9.61. The summed E-state index contributed by atoms with van der Waals surface area (Å²) in [6.07, 6.45) is 1.81. The number of aromatic nitrogens is 2. The van der Waals surface area contributed by atoms with Crippen molar-refractivity contribution in [3.05, 3.63) is 65.3 Å². The SMILES string of the molecule is CCCN(CCC)C(=O)c1cc(-c2ccccc2Cl)nn1-c1ccc(OC)cc1. The molecule has 0 radical (unpaired) electrons. The summed E-state index contributed by atoms with van der Waals surface area (Å²) in [5, 5.41) is 5.34. The minimum Gasteiger partial charge on any atom is -0.497 e. The number of hydrogen-bond acceptors (Lipinski definition) is 3. The number of nitrogens with zero attached hydrogens (tertiary/aromatic N) is 3. The Morgan fingerprint density at radius 2 is 1.72 bits per heavy atom. The molecule has 0 saturated carbocycles. The first kappa shape index (κ1) is 20.9. The van der Waals surface area contributed by atoms with Crippen molar-refractivity contribution < 1.29 is 9.53 Å². The predicted octanol–water partition coefficient (Wildman–Crippen LogP) is 5.46. The van der Waals surface area contributed by atoms with Gasteiger partial charge in [0.1, 0.15) is 11.4 Å². The number of halogens is 1. The molecule has 6 heteroatoms. The van der Waals surface area contributed by atoms with Crippen LogP contribution in [0.3, 0.4) is 0 Å². The fourth-order valence-electron chi connectivity index (χ4n) is 3.27. The van der Waals surface area contributed by atoms with Gasteiger partial charge in [-0.2, -0.15) is 5.10 Å². The van der Waals surface area contributed by atoms with E-state index in [-0.39, 0.29) is 5.91 Å². The summed E-state index contributed by atoms with van der Waals surface area (Å²) in [7, 11) is 1.63. The smallest absolute Gasteiger partial charge is 0.272 e. The molecule has 2 aromatic carbocycles. The number of hydrogen-bond donors (Lipinski definition) is 0. The molecule has 1 heterocycles. The summed E-state index contributed by atoms with van der Waals surface area (Å²) in [6, 6.07) is 16.8. The van der Waals surface area contributed by atoms with Gasteiger partial charge in [0.05, 0.1) is 23.5 Å². The van der Waals surface area contributed by atoms with Crippen molar-refractivity contribution in [2.24, 2.45) is 0 Å². The largest absolute Gasteiger partial charge is 0.497 e. The van der Waals surface area contributed by atoms with Crippen molar-refractivity contribution in [2.75, 3.05) is 20.2 Å². The van der Waals surface area contributed by atoms with Crippen LogP contribution in [0.25, 0.3) is 16.9 Å². The molecule has 0 bridgehead atoms. The van der Waals surface area contributed by atoms with Gasteiger partial charge < -0.3 is 9.64 Å². The Balaban J connectivity index is 2.11. The fourth-order valence-corrected chi connectivity index (χ4v) is 3.50. The summed E-state index contributed by atoms with van der Waals surface area (Å²) in [4.78, 5) is 15.3. The lowest BCUT2D eigenvalue weighted by Gasteiger charge is -2.21. The maximum atomic E-state index is 13.4. The number of rotatable bonds is 8. The molecule has 0 spiro atoms. The van der Waals surface area contributed by atoms with Crippen LogP contribution < -0.4 is 4.74 Å². The van der Waals surface area contributed by atoms with Gasteiger partial charge in [-0.05, 0) is 49.2 Å². The van der Waals surface area contributed by atoms with Crippen LogP contribution in [0.2, 0.25) is 5.02 Å². The standard InChI is InChI=1S/C23H26ClN3O2/c1-4-14-26(15-5-2)23(28)22-16-21(19-8-6-7-9-20(19)24)25-27(22)17-10-12-18(29-3)13-11-17/h6-13,16H,4-5,14-15H2,1-3H3. The molecular weight excluding hydrogens is 386 g/mol. The Morgan fingerprint density at radius 3 is 2.31 bits per heavy atom. The zero-order valence-electron chi connectivity index (χ0n) is 17.1. The van der Waals surface area contributed by atoms with Crippen molar-refractivity contribution in [3.8, 4) is 22.7 Å². The van der Waals surface area contributed by atoms with Crippen LogP contribution >= 0.6 is 11.6 Å². The van der Waals surface area contributed by atoms with E-state index in [0.29, 0.717) is 29.5 Å². The molecule has 3 aromatic rings. The molecule has 0 aliphatic carbocycles. The van der Waals surface area contributed by atoms with Crippen molar-refractivity contribution in [2.45, 2.75) is 26.7 Å². The molecule has 29 heavy (non-hydrogen) atoms. The highest BCUT2D eigenvalue weighted by Crippen LogP contribution is 2.29. The summed E-state index contributed by atoms with van der Waals surface area (Å²) in [5.74, 6) is 0.717. The van der Waals surface area contributed by atoms with Crippen molar-refractivity contribution in [1.82, 2.24) is 14.7 Å². The van der Waals surface area contributed by atoms with Crippen LogP contribution in [-0.2, 0) is 0 Å². The Kier molecular flexibility index (Phi) is 6.94. The minimum atomic E-state index is -0.0321. The third kappa shape index (κ3) is 4.62. The molecule has 1 aromatic heterocycles. The van der Waals surface area contributed by atoms with Crippen LogP contribution in [0.1, 0.15) is 37.2 Å². The van der Waals surface area contributed by atoms with E-state index >= 15 is 0 Å². The van der Waals surface area contributed by atoms with Crippen molar-refractivity contribution in [1.29, 1.82) is 0 Å². The number of amides is 1. The van der Waals surface area contributed by atoms with Crippen LogP contribution in [0.5, 0.6) is 5.75 Å². The van der Waals surface area contributed by atoms with E-state index in [9.17, 15) is 4.79 Å². The van der Waals surface area contributed by atoms with Gasteiger partial charge in [-0.3, -0.25) is 4.79 Å². The van der Waals surface area contributed by atoms with Crippen molar-refractivity contribution in [3.63, 3.8) is 0 Å². The average Bonchev–Trinajstić information content (AvgIpc) is 3.18. The molecule has 0 saturated heterocycles. The van der Waals surface area contributed by atoms with Gasteiger partial charge >= 0.3 is 0 Å². The molecule has 0 N–H and O–H groups in total. The zero-order valence-corrected chi connectivity index (χ0v) is 17.8. The van der Waals surface area contributed by atoms with Gasteiger partial charge in [-0.25, -0.2) is 4.68 Å². The normalized spacial score (nSPS) is 10.8. The van der Waals surface area contributed by atoms with Gasteiger partial charge in [0.15, 0.2) is 0 Å². The molecule has 0 aliphatic heterocycles. The van der Waals surface area contributed by atoms with E-state index < -0.39 is 0 Å². The Bertz CT molecular complexity index is 961. The third-order valence-electron chi connectivity index (χ3n) is 4.67. The minimum absolute atomic E-state index is 0.0321. The molecule has 0 fully saturated rings. The summed E-state index contributed by atoms with van der Waals surface area (Å²) >= 11 is 6.39. The van der Waals surface area contributed by atoms with E-state index in [2.05, 4.69) is 13.8 Å². The van der Waals surface area contributed by atoms with E-state index in [0.717, 1.165) is 29.8 Å². The van der Waals surface area contributed by atoms with Crippen LogP contribution in [0.4, 0.5) is 0 Å². The maximum absolute atomic E-state index is 13.4. The predicted molar refractivity (Wildman–Crippen MR) is 117 cm³/mol. The highest BCUT2D eigenvalue weighted by atomic mass is 35.5. The Morgan fingerprint density at radius 1 is 1.07 bits per heavy atom. The van der Waals surface area contributed by atoms with Gasteiger partial charge in [0.25, 0.3) is 5.91 Å². The lowest BCUT2D eigenvalue weighted by Crippen LogP contribution is -2.33. The van der Waals surface area contributed by atoms with E-state index in [1.807, 2.05) is 59.5 Å². The average molecular weight is 412 g/mol. The number of methoxy groups -OCH3 is 1. The summed E-state index contributed by atoms with van der Waals surface area (Å²) < 4.78 is 6.95. The Labute approximate surface area is 176 Å². The maximum Gasteiger partial charge on any atom is 0.272 e. The van der Waals surface area contributed by atoms with Gasteiger partial charge in [0.2, 0.25) is 0 Å².